The Morgan fingerprint density at radius 2 is 1.74 bits per heavy atom. The number of halogens is 3. The number of thiocarbonyl (C=S) groups is 1. The fourth-order valence-electron chi connectivity index (χ4n) is 4.82. The lowest BCUT2D eigenvalue weighted by Crippen LogP contribution is -2.38. The van der Waals surface area contributed by atoms with E-state index in [1.54, 1.807) is 0 Å². The van der Waals surface area contributed by atoms with Gasteiger partial charge in [-0.1, -0.05) is 32.9 Å². The number of hydrogen-bond acceptors (Lipinski definition) is 3. The molecule has 0 radical (unpaired) electrons. The molecule has 4 nitrogen and oxygen atoms in total. The van der Waals surface area contributed by atoms with Crippen LogP contribution in [0, 0.1) is 5.41 Å². The van der Waals surface area contributed by atoms with Gasteiger partial charge in [-0.15, -0.1) is 0 Å². The van der Waals surface area contributed by atoms with Crippen LogP contribution in [0.25, 0.3) is 22.3 Å². The molecule has 0 saturated carbocycles. The zero-order valence-electron chi connectivity index (χ0n) is 19.6. The van der Waals surface area contributed by atoms with Gasteiger partial charge in [0.15, 0.2) is 5.11 Å². The number of furan rings is 1. The minimum absolute atomic E-state index is 0.169. The Balaban J connectivity index is 1.74. The summed E-state index contributed by atoms with van der Waals surface area (Å²) in [7, 11) is 0. The third kappa shape index (κ3) is 5.55. The fourth-order valence-corrected chi connectivity index (χ4v) is 4.94. The van der Waals surface area contributed by atoms with Gasteiger partial charge in [-0.05, 0) is 79.8 Å². The monoisotopic (exact) mass is 489 g/mol. The molecule has 8 heteroatoms. The van der Waals surface area contributed by atoms with E-state index < -0.39 is 11.7 Å². The average molecular weight is 490 g/mol. The Labute approximate surface area is 203 Å². The van der Waals surface area contributed by atoms with Gasteiger partial charge < -0.3 is 20.4 Å². The summed E-state index contributed by atoms with van der Waals surface area (Å²) in [5, 5.41) is 4.07. The molecular weight excluding hydrogens is 459 g/mol. The van der Waals surface area contributed by atoms with Crippen LogP contribution >= 0.6 is 12.2 Å². The summed E-state index contributed by atoms with van der Waals surface area (Å²) in [5.74, 6) is 0.861. The van der Waals surface area contributed by atoms with Crippen LogP contribution in [0.4, 0.5) is 18.9 Å². The number of nitrogens with one attached hydrogen (secondary N) is 1. The Bertz CT molecular complexity index is 1170. The number of hydrogen-bond donors (Lipinski definition) is 2. The highest BCUT2D eigenvalue weighted by Gasteiger charge is 2.32. The summed E-state index contributed by atoms with van der Waals surface area (Å²) in [5.41, 5.74) is 8.33. The van der Waals surface area contributed by atoms with Gasteiger partial charge in [-0.3, -0.25) is 0 Å². The van der Waals surface area contributed by atoms with Crippen molar-refractivity contribution in [1.82, 2.24) is 4.90 Å². The topological polar surface area (TPSA) is 54.4 Å². The number of nitrogens with two attached hydrogens (primary N) is 1. The second-order valence-corrected chi connectivity index (χ2v) is 10.7. The largest absolute Gasteiger partial charge is 0.456 e. The summed E-state index contributed by atoms with van der Waals surface area (Å²) in [6, 6.07) is 10.8. The number of fused-ring (bicyclic) bond motifs is 1. The van der Waals surface area contributed by atoms with Gasteiger partial charge in [-0.25, -0.2) is 0 Å². The average Bonchev–Trinajstić information content (AvgIpc) is 3.11. The zero-order chi connectivity index (χ0) is 24.7. The molecule has 2 heterocycles. The second kappa shape index (κ2) is 9.23. The quantitative estimate of drug-likeness (QED) is 0.387. The predicted octanol–water partition coefficient (Wildman–Crippen LogP) is 7.00. The van der Waals surface area contributed by atoms with Crippen LogP contribution in [0.5, 0.6) is 0 Å². The van der Waals surface area contributed by atoms with E-state index in [4.69, 9.17) is 22.4 Å². The minimum atomic E-state index is -4.38. The molecule has 0 unspecified atom stereocenters. The smallest absolute Gasteiger partial charge is 0.416 e. The van der Waals surface area contributed by atoms with Crippen LogP contribution < -0.4 is 11.1 Å². The number of piperidine rings is 1. The molecule has 4 rings (SSSR count). The Hall–Kier alpha value is -2.58. The van der Waals surface area contributed by atoms with Crippen LogP contribution in [0.15, 0.2) is 46.9 Å². The molecule has 1 aliphatic heterocycles. The highest BCUT2D eigenvalue weighted by Crippen LogP contribution is 2.43. The molecule has 0 atom stereocenters. The normalized spacial score (nSPS) is 16.2. The first-order chi connectivity index (χ1) is 15.9. The van der Waals surface area contributed by atoms with E-state index >= 15 is 0 Å². The van der Waals surface area contributed by atoms with Crippen molar-refractivity contribution in [1.29, 1.82) is 0 Å². The van der Waals surface area contributed by atoms with Crippen LogP contribution in [0.3, 0.4) is 0 Å². The van der Waals surface area contributed by atoms with Crippen molar-refractivity contribution in [2.75, 3.05) is 25.0 Å². The van der Waals surface area contributed by atoms with Crippen LogP contribution in [-0.2, 0) is 6.18 Å². The summed E-state index contributed by atoms with van der Waals surface area (Å²) in [4.78, 5) is 2.48. The molecule has 0 amide bonds. The molecule has 1 saturated heterocycles. The van der Waals surface area contributed by atoms with Gasteiger partial charge in [0, 0.05) is 28.7 Å². The van der Waals surface area contributed by atoms with Crippen molar-refractivity contribution >= 4 is 34.0 Å². The summed E-state index contributed by atoms with van der Waals surface area (Å²) >= 11 is 4.98. The molecule has 0 bridgehead atoms. The van der Waals surface area contributed by atoms with Gasteiger partial charge in [0.1, 0.15) is 11.3 Å². The van der Waals surface area contributed by atoms with E-state index in [1.807, 2.05) is 18.2 Å². The maximum atomic E-state index is 13.1. The molecular formula is C26H30F3N3OS. The maximum absolute atomic E-state index is 13.1. The van der Waals surface area contributed by atoms with Gasteiger partial charge in [-0.2, -0.15) is 13.2 Å². The van der Waals surface area contributed by atoms with Crippen LogP contribution in [-0.4, -0.2) is 29.6 Å². The Kier molecular flexibility index (Phi) is 6.66. The highest BCUT2D eigenvalue weighted by atomic mass is 32.1. The molecule has 182 valence electrons. The predicted molar refractivity (Wildman–Crippen MR) is 135 cm³/mol. The molecule has 3 N–H and O–H groups in total. The minimum Gasteiger partial charge on any atom is -0.456 e. The Morgan fingerprint density at radius 3 is 2.29 bits per heavy atom. The first kappa shape index (κ1) is 24.5. The molecule has 2 aromatic carbocycles. The van der Waals surface area contributed by atoms with Crippen LogP contribution in [0.2, 0.25) is 0 Å². The fraction of sp³-hybridized carbons (Fsp3) is 0.423. The van der Waals surface area contributed by atoms with Crippen LogP contribution in [0.1, 0.15) is 50.7 Å². The van der Waals surface area contributed by atoms with E-state index in [0.717, 1.165) is 61.2 Å². The number of anilines is 1. The van der Waals surface area contributed by atoms with Crippen molar-refractivity contribution in [3.63, 3.8) is 0 Å². The second-order valence-electron chi connectivity index (χ2n) is 10.2. The third-order valence-electron chi connectivity index (χ3n) is 6.16. The lowest BCUT2D eigenvalue weighted by Gasteiger charge is -2.36. The first-order valence-corrected chi connectivity index (χ1v) is 11.8. The van der Waals surface area contributed by atoms with Crippen molar-refractivity contribution in [2.45, 2.75) is 45.7 Å². The molecule has 34 heavy (non-hydrogen) atoms. The van der Waals surface area contributed by atoms with E-state index in [0.29, 0.717) is 16.9 Å². The van der Waals surface area contributed by atoms with Crippen molar-refractivity contribution in [2.24, 2.45) is 11.1 Å². The molecule has 1 aliphatic rings. The summed E-state index contributed by atoms with van der Waals surface area (Å²) < 4.78 is 45.6. The summed E-state index contributed by atoms with van der Waals surface area (Å²) in [6.45, 7) is 9.67. The molecule has 1 aromatic heterocycles. The van der Waals surface area contributed by atoms with Gasteiger partial charge in [0.2, 0.25) is 0 Å². The molecule has 3 aromatic rings. The maximum Gasteiger partial charge on any atom is 0.416 e. The standard InChI is InChI=1S/C26H30F3N3OS/c1-25(2,3)15-32-12-10-16(11-13-32)22-20-14-19(31-24(30)34)8-9-21(20)33-23(22)17-4-6-18(7-5-17)26(27,28)29/h4-9,14,16H,10-13,15H2,1-3H3,(H3,30,31,34). The van der Waals surface area contributed by atoms with E-state index in [-0.39, 0.29) is 16.4 Å². The number of benzene rings is 2. The first-order valence-electron chi connectivity index (χ1n) is 11.4. The van der Waals surface area contributed by atoms with Gasteiger partial charge in [0.05, 0.1) is 5.56 Å². The van der Waals surface area contributed by atoms with Crippen molar-refractivity contribution < 1.29 is 17.6 Å². The van der Waals surface area contributed by atoms with E-state index in [9.17, 15) is 13.2 Å². The van der Waals surface area contributed by atoms with Crippen molar-refractivity contribution in [3.8, 4) is 11.3 Å². The number of rotatable bonds is 4. The molecule has 0 aliphatic carbocycles. The van der Waals surface area contributed by atoms with Gasteiger partial charge in [0.25, 0.3) is 0 Å². The molecule has 1 fully saturated rings. The number of alkyl halides is 3. The van der Waals surface area contributed by atoms with Crippen molar-refractivity contribution in [3.05, 3.63) is 53.6 Å². The third-order valence-corrected chi connectivity index (χ3v) is 6.26. The van der Waals surface area contributed by atoms with E-state index in [1.165, 1.54) is 12.1 Å². The van der Waals surface area contributed by atoms with E-state index in [2.05, 4.69) is 31.0 Å². The highest BCUT2D eigenvalue weighted by molar-refractivity contribution is 7.80. The lowest BCUT2D eigenvalue weighted by atomic mass is 9.85. The molecule has 0 spiro atoms. The van der Waals surface area contributed by atoms with Gasteiger partial charge >= 0.3 is 6.18 Å². The SMILES string of the molecule is CC(C)(C)CN1CCC(c2c(-c3ccc(C(F)(F)F)cc3)oc3ccc(NC(N)=S)cc23)CC1. The Morgan fingerprint density at radius 1 is 1.09 bits per heavy atom. The lowest BCUT2D eigenvalue weighted by molar-refractivity contribution is -0.137. The number of nitrogens with zero attached hydrogens (tertiary/aromatic N) is 1. The zero-order valence-corrected chi connectivity index (χ0v) is 20.4. The summed E-state index contributed by atoms with van der Waals surface area (Å²) in [6.07, 6.45) is -2.48. The number of likely N-dealkylation sites (tertiary alicyclic amines) is 1.